The number of hydrogen-bond acceptors (Lipinski definition) is 2. The van der Waals surface area contributed by atoms with Crippen molar-refractivity contribution in [1.82, 2.24) is 10.2 Å². The van der Waals surface area contributed by atoms with Gasteiger partial charge in [-0.1, -0.05) is 12.1 Å². The minimum Gasteiger partial charge on any atom is -0.317 e. The smallest absolute Gasteiger partial charge is 0.317 e. The zero-order valence-electron chi connectivity index (χ0n) is 13.4. The van der Waals surface area contributed by atoms with Crippen LogP contribution in [0.4, 0.5) is 13.2 Å². The lowest BCUT2D eigenvalue weighted by Gasteiger charge is -2.35. The van der Waals surface area contributed by atoms with Gasteiger partial charge in [0, 0.05) is 6.54 Å². The fraction of sp³-hybridized carbons (Fsp3) is 0.667. The lowest BCUT2D eigenvalue weighted by Crippen LogP contribution is -2.39. The van der Waals surface area contributed by atoms with Crippen LogP contribution in [0.15, 0.2) is 24.3 Å². The van der Waals surface area contributed by atoms with Gasteiger partial charge in [-0.05, 0) is 81.4 Å². The Morgan fingerprint density at radius 2 is 1.57 bits per heavy atom. The molecular weight excluding hydrogens is 301 g/mol. The van der Waals surface area contributed by atoms with Gasteiger partial charge in [0.2, 0.25) is 0 Å². The zero-order valence-corrected chi connectivity index (χ0v) is 13.4. The van der Waals surface area contributed by atoms with Gasteiger partial charge in [-0.15, -0.1) is 0 Å². The highest BCUT2D eigenvalue weighted by molar-refractivity contribution is 5.27. The Morgan fingerprint density at radius 3 is 2.13 bits per heavy atom. The quantitative estimate of drug-likeness (QED) is 0.907. The minimum absolute atomic E-state index is 0.404. The summed E-state index contributed by atoms with van der Waals surface area (Å²) >= 11 is 0. The third-order valence-corrected chi connectivity index (χ3v) is 5.27. The summed E-state index contributed by atoms with van der Waals surface area (Å²) in [6, 6.07) is 5.76. The van der Waals surface area contributed by atoms with E-state index in [4.69, 9.17) is 0 Å². The molecule has 0 atom stereocenters. The van der Waals surface area contributed by atoms with Crippen LogP contribution in [0, 0.1) is 5.92 Å². The van der Waals surface area contributed by atoms with Crippen LogP contribution in [0.25, 0.3) is 0 Å². The summed E-state index contributed by atoms with van der Waals surface area (Å²) in [5.74, 6) is 1.21. The average molecular weight is 326 g/mol. The first kappa shape index (κ1) is 16.8. The predicted octanol–water partition coefficient (Wildman–Crippen LogP) is 3.88. The van der Waals surface area contributed by atoms with E-state index < -0.39 is 11.7 Å². The highest BCUT2D eigenvalue weighted by Crippen LogP contribution is 2.33. The maximum absolute atomic E-state index is 12.6. The maximum atomic E-state index is 12.6. The molecule has 0 spiro atoms. The molecule has 2 heterocycles. The lowest BCUT2D eigenvalue weighted by atomic mass is 9.88. The van der Waals surface area contributed by atoms with Crippen LogP contribution in [0.3, 0.4) is 0 Å². The Hall–Kier alpha value is -1.07. The Morgan fingerprint density at radius 1 is 0.957 bits per heavy atom. The molecule has 0 aromatic heterocycles. The third-order valence-electron chi connectivity index (χ3n) is 5.27. The number of rotatable bonds is 3. The monoisotopic (exact) mass is 326 g/mol. The van der Waals surface area contributed by atoms with Gasteiger partial charge >= 0.3 is 6.18 Å². The van der Waals surface area contributed by atoms with Crippen LogP contribution in [0.1, 0.15) is 42.7 Å². The van der Waals surface area contributed by atoms with Gasteiger partial charge in [0.25, 0.3) is 0 Å². The Labute approximate surface area is 136 Å². The van der Waals surface area contributed by atoms with Crippen molar-refractivity contribution in [3.05, 3.63) is 35.4 Å². The highest BCUT2D eigenvalue weighted by Gasteiger charge is 2.30. The number of hydrogen-bond donors (Lipinski definition) is 1. The van der Waals surface area contributed by atoms with E-state index in [0.717, 1.165) is 50.5 Å². The molecule has 2 fully saturated rings. The van der Waals surface area contributed by atoms with Gasteiger partial charge in [-0.3, -0.25) is 0 Å². The maximum Gasteiger partial charge on any atom is 0.416 e. The molecule has 2 nitrogen and oxygen atoms in total. The summed E-state index contributed by atoms with van der Waals surface area (Å²) in [5.41, 5.74) is 0.504. The van der Waals surface area contributed by atoms with E-state index >= 15 is 0 Å². The fourth-order valence-electron chi connectivity index (χ4n) is 3.82. The molecule has 0 bridgehead atoms. The zero-order chi connectivity index (χ0) is 16.3. The number of nitrogens with zero attached hydrogens (tertiary/aromatic N) is 1. The highest BCUT2D eigenvalue weighted by atomic mass is 19.4. The molecule has 1 aromatic rings. The van der Waals surface area contributed by atoms with Gasteiger partial charge in [0.15, 0.2) is 0 Å². The Bertz CT molecular complexity index is 484. The first-order valence-electron chi connectivity index (χ1n) is 8.62. The third kappa shape index (κ3) is 4.48. The van der Waals surface area contributed by atoms with Crippen LogP contribution in [-0.2, 0) is 6.18 Å². The molecule has 128 valence electrons. The van der Waals surface area contributed by atoms with Crippen LogP contribution in [-0.4, -0.2) is 37.6 Å². The van der Waals surface area contributed by atoms with Crippen molar-refractivity contribution < 1.29 is 13.2 Å². The molecule has 0 aliphatic carbocycles. The molecule has 2 saturated heterocycles. The Balaban J connectivity index is 1.50. The molecule has 2 aliphatic heterocycles. The van der Waals surface area contributed by atoms with Crippen LogP contribution in [0.5, 0.6) is 0 Å². The molecule has 3 rings (SSSR count). The van der Waals surface area contributed by atoms with Gasteiger partial charge in [0.1, 0.15) is 0 Å². The van der Waals surface area contributed by atoms with Gasteiger partial charge in [-0.2, -0.15) is 13.2 Å². The number of piperidine rings is 2. The van der Waals surface area contributed by atoms with Crippen molar-refractivity contribution in [3.8, 4) is 0 Å². The fourth-order valence-corrected chi connectivity index (χ4v) is 3.82. The second-order valence-corrected chi connectivity index (χ2v) is 6.89. The van der Waals surface area contributed by atoms with Crippen LogP contribution in [0.2, 0.25) is 0 Å². The second-order valence-electron chi connectivity index (χ2n) is 6.89. The SMILES string of the molecule is FC(F)(F)c1ccc(C2CCN(CC3CCNCC3)CC2)cc1. The predicted molar refractivity (Wildman–Crippen MR) is 85.5 cm³/mol. The molecule has 2 aliphatic rings. The van der Waals surface area contributed by atoms with Crippen molar-refractivity contribution >= 4 is 0 Å². The first-order valence-corrected chi connectivity index (χ1v) is 8.62. The van der Waals surface area contributed by atoms with Crippen LogP contribution >= 0.6 is 0 Å². The molecule has 5 heteroatoms. The molecule has 1 N–H and O–H groups in total. The number of likely N-dealkylation sites (tertiary alicyclic amines) is 1. The molecule has 1 aromatic carbocycles. The summed E-state index contributed by atoms with van der Waals surface area (Å²) < 4.78 is 37.9. The largest absolute Gasteiger partial charge is 0.416 e. The summed E-state index contributed by atoms with van der Waals surface area (Å²) in [4.78, 5) is 2.54. The summed E-state index contributed by atoms with van der Waals surface area (Å²) in [6.07, 6.45) is 0.390. The Kier molecular flexibility index (Phi) is 5.27. The van der Waals surface area contributed by atoms with Crippen molar-refractivity contribution in [2.75, 3.05) is 32.7 Å². The number of alkyl halides is 3. The van der Waals surface area contributed by atoms with E-state index in [-0.39, 0.29) is 0 Å². The number of benzene rings is 1. The standard InChI is InChI=1S/C18H25F3N2/c19-18(20,21)17-3-1-15(2-4-17)16-7-11-23(12-8-16)13-14-5-9-22-10-6-14/h1-4,14,16,22H,5-13H2. The lowest BCUT2D eigenvalue weighted by molar-refractivity contribution is -0.137. The number of halogens is 3. The van der Waals surface area contributed by atoms with E-state index in [1.54, 1.807) is 12.1 Å². The number of nitrogens with one attached hydrogen (secondary N) is 1. The van der Waals surface area contributed by atoms with Crippen molar-refractivity contribution in [3.63, 3.8) is 0 Å². The normalized spacial score (nSPS) is 22.4. The van der Waals surface area contributed by atoms with E-state index in [2.05, 4.69) is 10.2 Å². The van der Waals surface area contributed by atoms with Gasteiger partial charge < -0.3 is 10.2 Å². The summed E-state index contributed by atoms with van der Waals surface area (Å²) in [7, 11) is 0. The van der Waals surface area contributed by atoms with E-state index in [0.29, 0.717) is 5.92 Å². The molecular formula is C18H25F3N2. The van der Waals surface area contributed by atoms with E-state index in [1.165, 1.54) is 31.5 Å². The van der Waals surface area contributed by atoms with Crippen molar-refractivity contribution in [2.45, 2.75) is 37.8 Å². The van der Waals surface area contributed by atoms with Gasteiger partial charge in [0.05, 0.1) is 5.56 Å². The average Bonchev–Trinajstić information content (AvgIpc) is 2.56. The molecule has 0 amide bonds. The second kappa shape index (κ2) is 7.22. The summed E-state index contributed by atoms with van der Waals surface area (Å²) in [6.45, 7) is 5.58. The summed E-state index contributed by atoms with van der Waals surface area (Å²) in [5, 5.41) is 3.40. The van der Waals surface area contributed by atoms with Crippen molar-refractivity contribution in [1.29, 1.82) is 0 Å². The van der Waals surface area contributed by atoms with E-state index in [9.17, 15) is 13.2 Å². The molecule has 0 saturated carbocycles. The molecule has 0 unspecified atom stereocenters. The minimum atomic E-state index is -4.24. The molecule has 23 heavy (non-hydrogen) atoms. The van der Waals surface area contributed by atoms with Crippen LogP contribution < -0.4 is 5.32 Å². The van der Waals surface area contributed by atoms with Crippen molar-refractivity contribution in [2.24, 2.45) is 5.92 Å². The van der Waals surface area contributed by atoms with Gasteiger partial charge in [-0.25, -0.2) is 0 Å². The van der Waals surface area contributed by atoms with E-state index in [1.807, 2.05) is 0 Å². The topological polar surface area (TPSA) is 15.3 Å². The molecule has 0 radical (unpaired) electrons. The first-order chi connectivity index (χ1) is 11.0.